The van der Waals surface area contributed by atoms with Crippen molar-refractivity contribution in [1.29, 1.82) is 0 Å². The third-order valence-corrected chi connectivity index (χ3v) is 1.47. The summed E-state index contributed by atoms with van der Waals surface area (Å²) in [5, 5.41) is 25.6. The molecule has 1 rings (SSSR count). The van der Waals surface area contributed by atoms with E-state index in [0.29, 0.717) is 0 Å². The second-order valence-electron chi connectivity index (χ2n) is 7.98. The first-order valence-corrected chi connectivity index (χ1v) is 8.54. The summed E-state index contributed by atoms with van der Waals surface area (Å²) in [4.78, 5) is 0. The normalized spacial score (nSPS) is 10.6. The molecule has 1 aromatic rings. The summed E-state index contributed by atoms with van der Waals surface area (Å²) in [5.41, 5.74) is -0.336. The molecule has 0 heterocycles. The van der Waals surface area contributed by atoms with Gasteiger partial charge in [0.25, 0.3) is 0 Å². The molecule has 0 spiro atoms. The molecule has 0 aliphatic rings. The quantitative estimate of drug-likeness (QED) is 0.572. The summed E-state index contributed by atoms with van der Waals surface area (Å²) in [6.45, 7) is 15.7. The number of hydrogen-bond acceptors (Lipinski definition) is 3. The van der Waals surface area contributed by atoms with Crippen molar-refractivity contribution in [2.24, 2.45) is 0 Å². The Hall–Kier alpha value is -0.432. The molecule has 4 heteroatoms. The Morgan fingerprint density at radius 1 is 0.652 bits per heavy atom. The number of rotatable bonds is 0. The molecular formula is C19H35MoO3. The Bertz CT molecular complexity index is 369. The summed E-state index contributed by atoms with van der Waals surface area (Å²) in [6.07, 6.45) is 0. The van der Waals surface area contributed by atoms with Gasteiger partial charge in [-0.1, -0.05) is 0 Å². The maximum absolute atomic E-state index is 8.52. The first kappa shape index (κ1) is 27.4. The molecule has 0 unspecified atom stereocenters. The first-order valence-electron chi connectivity index (χ1n) is 7.54. The van der Waals surface area contributed by atoms with Crippen LogP contribution in [0.5, 0.6) is 0 Å². The molecule has 0 saturated carbocycles. The molecule has 23 heavy (non-hydrogen) atoms. The minimum absolute atomic E-state index is 0.500. The maximum atomic E-state index is 8.52. The van der Waals surface area contributed by atoms with E-state index < -0.39 is 16.8 Å². The Balaban J connectivity index is -0.000000240. The van der Waals surface area contributed by atoms with E-state index in [2.05, 4.69) is 4.20 Å². The molecule has 3 N–H and O–H groups in total. The van der Waals surface area contributed by atoms with Gasteiger partial charge < -0.3 is 15.3 Å². The van der Waals surface area contributed by atoms with Crippen LogP contribution in [-0.4, -0.2) is 32.1 Å². The third kappa shape index (κ3) is 90.2. The molecule has 0 aromatic heterocycles. The first-order chi connectivity index (χ1) is 9.93. The Labute approximate surface area is 153 Å². The van der Waals surface area contributed by atoms with Gasteiger partial charge in [0.05, 0.1) is 16.8 Å². The van der Waals surface area contributed by atoms with Gasteiger partial charge in [-0.25, -0.2) is 0 Å². The monoisotopic (exact) mass is 409 g/mol. The van der Waals surface area contributed by atoms with Gasteiger partial charge in [-0.3, -0.25) is 0 Å². The van der Waals surface area contributed by atoms with Crippen molar-refractivity contribution in [3.8, 4) is 4.20 Å². The van der Waals surface area contributed by atoms with Gasteiger partial charge in [0.15, 0.2) is 0 Å². The summed E-state index contributed by atoms with van der Waals surface area (Å²) in [6, 6.07) is 10.1. The average molecular weight is 407 g/mol. The molecule has 1 aromatic carbocycles. The minimum atomic E-state index is -0.500. The van der Waals surface area contributed by atoms with Crippen LogP contribution in [0.2, 0.25) is 0 Å². The average Bonchev–Trinajstić information content (AvgIpc) is 2.23. The van der Waals surface area contributed by atoms with E-state index in [9.17, 15) is 0 Å². The fraction of sp³-hybridized carbons (Fsp3) is 0.632. The summed E-state index contributed by atoms with van der Waals surface area (Å²) >= 11 is 1.85. The van der Waals surface area contributed by atoms with E-state index >= 15 is 0 Å². The SMILES string of the molecule is CC(C)(C)O.CC(C)(C)O.CC(C)(C)O.[Mo]#[C]c1ccccc1. The number of benzene rings is 1. The number of aliphatic hydroxyl groups is 3. The van der Waals surface area contributed by atoms with E-state index in [4.69, 9.17) is 15.3 Å². The molecule has 0 saturated heterocycles. The van der Waals surface area contributed by atoms with Crippen molar-refractivity contribution in [1.82, 2.24) is 0 Å². The van der Waals surface area contributed by atoms with E-state index in [1.54, 1.807) is 62.3 Å². The zero-order chi connectivity index (χ0) is 19.3. The van der Waals surface area contributed by atoms with Crippen LogP contribution in [0.1, 0.15) is 67.9 Å². The van der Waals surface area contributed by atoms with Crippen LogP contribution < -0.4 is 0 Å². The van der Waals surface area contributed by atoms with E-state index in [-0.39, 0.29) is 0 Å². The van der Waals surface area contributed by atoms with Gasteiger partial charge in [0, 0.05) is 0 Å². The van der Waals surface area contributed by atoms with Crippen molar-refractivity contribution in [2.45, 2.75) is 79.1 Å². The third-order valence-electron chi connectivity index (χ3n) is 0.892. The van der Waals surface area contributed by atoms with Crippen molar-refractivity contribution >= 4 is 0 Å². The van der Waals surface area contributed by atoms with Gasteiger partial charge in [0.2, 0.25) is 0 Å². The summed E-state index contributed by atoms with van der Waals surface area (Å²) in [5.74, 6) is 0. The fourth-order valence-corrected chi connectivity index (χ4v) is 0.841. The summed E-state index contributed by atoms with van der Waals surface area (Å²) in [7, 11) is 0. The van der Waals surface area contributed by atoms with Crippen LogP contribution in [0.3, 0.4) is 0 Å². The second kappa shape index (κ2) is 12.9. The molecule has 0 bridgehead atoms. The number of hydrogen-bond donors (Lipinski definition) is 3. The van der Waals surface area contributed by atoms with Gasteiger partial charge in [-0.05, 0) is 62.3 Å². The molecule has 0 fully saturated rings. The molecule has 0 aliphatic carbocycles. The van der Waals surface area contributed by atoms with Crippen LogP contribution in [-0.2, 0) is 19.2 Å². The summed E-state index contributed by atoms with van der Waals surface area (Å²) < 4.78 is 3.04. The zero-order valence-corrected chi connectivity index (χ0v) is 18.1. The van der Waals surface area contributed by atoms with Crippen molar-refractivity contribution in [3.05, 3.63) is 35.9 Å². The molecule has 3 nitrogen and oxygen atoms in total. The van der Waals surface area contributed by atoms with Crippen molar-refractivity contribution < 1.29 is 34.5 Å². The van der Waals surface area contributed by atoms with E-state index in [1.165, 1.54) is 0 Å². The van der Waals surface area contributed by atoms with Crippen LogP contribution in [0.25, 0.3) is 0 Å². The van der Waals surface area contributed by atoms with Gasteiger partial charge in [0.1, 0.15) is 0 Å². The van der Waals surface area contributed by atoms with Gasteiger partial charge in [-0.15, -0.1) is 0 Å². The molecule has 0 amide bonds. The van der Waals surface area contributed by atoms with E-state index in [0.717, 1.165) is 5.56 Å². The molecule has 0 radical (unpaired) electrons. The standard InChI is InChI=1S/C7H5.3C4H10O.Mo/c1-7-5-3-2-4-6-7;3*1-4(2,3)5;/h2-6H;3*5H,1-3H3;. The van der Waals surface area contributed by atoms with Crippen LogP contribution in [0, 0.1) is 4.20 Å². The Morgan fingerprint density at radius 3 is 1.00 bits per heavy atom. The topological polar surface area (TPSA) is 60.7 Å². The molecule has 135 valence electrons. The van der Waals surface area contributed by atoms with Crippen LogP contribution in [0.15, 0.2) is 30.3 Å². The Kier molecular flexibility index (Phi) is 15.4. The van der Waals surface area contributed by atoms with E-state index in [1.807, 2.05) is 49.5 Å². The molecule has 0 aliphatic heterocycles. The van der Waals surface area contributed by atoms with Crippen molar-refractivity contribution in [2.75, 3.05) is 0 Å². The van der Waals surface area contributed by atoms with Crippen molar-refractivity contribution in [3.63, 3.8) is 0 Å². The van der Waals surface area contributed by atoms with Crippen LogP contribution >= 0.6 is 0 Å². The zero-order valence-electron chi connectivity index (χ0n) is 16.1. The predicted octanol–water partition coefficient (Wildman–Crippen LogP) is 3.87. The fourth-order valence-electron chi connectivity index (χ4n) is 0.506. The van der Waals surface area contributed by atoms with Gasteiger partial charge >= 0.3 is 59.3 Å². The molecular weight excluding hydrogens is 372 g/mol. The van der Waals surface area contributed by atoms with Gasteiger partial charge in [-0.2, -0.15) is 0 Å². The van der Waals surface area contributed by atoms with Crippen LogP contribution in [0.4, 0.5) is 0 Å². The second-order valence-corrected chi connectivity index (χ2v) is 8.48. The molecule has 0 atom stereocenters. The predicted molar refractivity (Wildman–Crippen MR) is 95.3 cm³/mol. The Morgan fingerprint density at radius 2 is 0.870 bits per heavy atom.